The zero-order chi connectivity index (χ0) is 17.4. The molecule has 0 unspecified atom stereocenters. The van der Waals surface area contributed by atoms with Gasteiger partial charge in [0, 0.05) is 0 Å². The lowest BCUT2D eigenvalue weighted by Crippen LogP contribution is -2.47. The number of rotatable bonds is 6. The second kappa shape index (κ2) is 8.32. The van der Waals surface area contributed by atoms with Gasteiger partial charge in [0.2, 0.25) is 0 Å². The largest absolute Gasteiger partial charge is 0.481 e. The quantitative estimate of drug-likeness (QED) is 0.661. The lowest BCUT2D eigenvalue weighted by Gasteiger charge is -2.09. The summed E-state index contributed by atoms with van der Waals surface area (Å²) in [5, 5.41) is 2.30. The molecule has 2 aromatic rings. The average molecular weight is 335 g/mol. The summed E-state index contributed by atoms with van der Waals surface area (Å²) in [7, 11) is 0. The standard InChI is InChI=1S/C15H14FN3O5/c16-10-4-1-2-5-11(10)24-9-14(21)19-18-13(20)8-17-15(22)12-6-3-7-23-12/h1-7H,8-9H2,(H,17,22)(H,18,20)(H,19,21). The van der Waals surface area contributed by atoms with Gasteiger partial charge < -0.3 is 14.5 Å². The van der Waals surface area contributed by atoms with Gasteiger partial charge >= 0.3 is 0 Å². The van der Waals surface area contributed by atoms with Crippen molar-refractivity contribution in [1.29, 1.82) is 0 Å². The number of amides is 3. The van der Waals surface area contributed by atoms with E-state index < -0.39 is 30.1 Å². The normalized spacial score (nSPS) is 9.88. The first-order chi connectivity index (χ1) is 11.6. The molecule has 1 aromatic carbocycles. The maximum absolute atomic E-state index is 13.3. The SMILES string of the molecule is O=C(CNC(=O)c1ccco1)NNC(=O)COc1ccccc1F. The smallest absolute Gasteiger partial charge is 0.287 e. The van der Waals surface area contributed by atoms with Crippen LogP contribution in [0, 0.1) is 5.82 Å². The lowest BCUT2D eigenvalue weighted by molar-refractivity contribution is -0.129. The zero-order valence-electron chi connectivity index (χ0n) is 12.4. The number of carbonyl (C=O) groups is 3. The van der Waals surface area contributed by atoms with E-state index in [-0.39, 0.29) is 18.1 Å². The van der Waals surface area contributed by atoms with E-state index in [1.165, 1.54) is 36.6 Å². The van der Waals surface area contributed by atoms with Crippen molar-refractivity contribution in [3.63, 3.8) is 0 Å². The number of furan rings is 1. The molecule has 0 bridgehead atoms. The fourth-order valence-corrected chi connectivity index (χ4v) is 1.58. The van der Waals surface area contributed by atoms with E-state index in [2.05, 4.69) is 16.2 Å². The first kappa shape index (κ1) is 17.0. The predicted molar refractivity (Wildman–Crippen MR) is 79.2 cm³/mol. The molecule has 8 nitrogen and oxygen atoms in total. The average Bonchev–Trinajstić information content (AvgIpc) is 3.11. The molecule has 0 fully saturated rings. The molecule has 0 spiro atoms. The molecule has 2 rings (SSSR count). The highest BCUT2D eigenvalue weighted by atomic mass is 19.1. The molecule has 0 saturated carbocycles. The van der Waals surface area contributed by atoms with Crippen molar-refractivity contribution in [2.24, 2.45) is 0 Å². The van der Waals surface area contributed by atoms with Crippen LogP contribution in [0.4, 0.5) is 4.39 Å². The van der Waals surface area contributed by atoms with E-state index in [9.17, 15) is 18.8 Å². The van der Waals surface area contributed by atoms with Crippen LogP contribution in [0.5, 0.6) is 5.75 Å². The summed E-state index contributed by atoms with van der Waals surface area (Å²) in [6.45, 7) is -0.853. The molecule has 0 aliphatic rings. The Hall–Kier alpha value is -3.36. The van der Waals surface area contributed by atoms with Gasteiger partial charge in [0.25, 0.3) is 17.7 Å². The van der Waals surface area contributed by atoms with Crippen molar-refractivity contribution in [2.75, 3.05) is 13.2 Å². The van der Waals surface area contributed by atoms with Gasteiger partial charge in [-0.05, 0) is 24.3 Å². The number of ether oxygens (including phenoxy) is 1. The second-order valence-corrected chi connectivity index (χ2v) is 4.48. The Balaban J connectivity index is 1.65. The molecule has 126 valence electrons. The summed E-state index contributed by atoms with van der Waals surface area (Å²) in [5.74, 6) is -2.53. The Morgan fingerprint density at radius 1 is 1.04 bits per heavy atom. The number of carbonyl (C=O) groups excluding carboxylic acids is 3. The van der Waals surface area contributed by atoms with Crippen molar-refractivity contribution >= 4 is 17.7 Å². The summed E-state index contributed by atoms with van der Waals surface area (Å²) in [6, 6.07) is 8.57. The van der Waals surface area contributed by atoms with Crippen molar-refractivity contribution in [1.82, 2.24) is 16.2 Å². The molecular formula is C15H14FN3O5. The fraction of sp³-hybridized carbons (Fsp3) is 0.133. The molecule has 3 amide bonds. The molecule has 3 N–H and O–H groups in total. The van der Waals surface area contributed by atoms with Crippen LogP contribution in [0.15, 0.2) is 47.1 Å². The molecule has 1 heterocycles. The maximum Gasteiger partial charge on any atom is 0.287 e. The third-order valence-electron chi connectivity index (χ3n) is 2.69. The van der Waals surface area contributed by atoms with Gasteiger partial charge in [0.05, 0.1) is 12.8 Å². The van der Waals surface area contributed by atoms with Crippen LogP contribution in [-0.4, -0.2) is 30.9 Å². The number of benzene rings is 1. The predicted octanol–water partition coefficient (Wildman–Crippen LogP) is 0.375. The lowest BCUT2D eigenvalue weighted by atomic mass is 10.3. The van der Waals surface area contributed by atoms with E-state index in [0.29, 0.717) is 0 Å². The van der Waals surface area contributed by atoms with E-state index in [0.717, 1.165) is 0 Å². The molecule has 0 aliphatic carbocycles. The Morgan fingerprint density at radius 2 is 1.79 bits per heavy atom. The summed E-state index contributed by atoms with van der Waals surface area (Å²) in [5.41, 5.74) is 4.15. The number of hydrazine groups is 1. The Morgan fingerprint density at radius 3 is 2.50 bits per heavy atom. The highest BCUT2D eigenvalue weighted by molar-refractivity contribution is 5.94. The van der Waals surface area contributed by atoms with E-state index >= 15 is 0 Å². The first-order valence-electron chi connectivity index (χ1n) is 6.83. The van der Waals surface area contributed by atoms with Crippen LogP contribution in [0.25, 0.3) is 0 Å². The molecule has 24 heavy (non-hydrogen) atoms. The minimum absolute atomic E-state index is 0.0603. The van der Waals surface area contributed by atoms with Gasteiger partial charge in [-0.2, -0.15) is 0 Å². The van der Waals surface area contributed by atoms with Crippen LogP contribution in [-0.2, 0) is 9.59 Å². The van der Waals surface area contributed by atoms with Crippen LogP contribution in [0.1, 0.15) is 10.6 Å². The van der Waals surface area contributed by atoms with E-state index in [1.807, 2.05) is 0 Å². The third kappa shape index (κ3) is 5.13. The Bertz CT molecular complexity index is 718. The third-order valence-corrected chi connectivity index (χ3v) is 2.69. The van der Waals surface area contributed by atoms with Gasteiger partial charge in [-0.1, -0.05) is 12.1 Å². The minimum atomic E-state index is -0.691. The van der Waals surface area contributed by atoms with Gasteiger partial charge in [0.15, 0.2) is 23.9 Å². The molecule has 0 radical (unpaired) electrons. The first-order valence-corrected chi connectivity index (χ1v) is 6.83. The van der Waals surface area contributed by atoms with Gasteiger partial charge in [-0.3, -0.25) is 25.2 Å². The van der Waals surface area contributed by atoms with Crippen LogP contribution in [0.3, 0.4) is 0 Å². The number of hydrogen-bond acceptors (Lipinski definition) is 5. The van der Waals surface area contributed by atoms with Crippen molar-refractivity contribution in [3.8, 4) is 5.75 Å². The molecule has 0 aliphatic heterocycles. The molecule has 1 aromatic heterocycles. The maximum atomic E-state index is 13.3. The monoisotopic (exact) mass is 335 g/mol. The highest BCUT2D eigenvalue weighted by Gasteiger charge is 2.11. The molecule has 0 saturated heterocycles. The van der Waals surface area contributed by atoms with Gasteiger partial charge in [0.1, 0.15) is 0 Å². The van der Waals surface area contributed by atoms with E-state index in [1.54, 1.807) is 6.07 Å². The minimum Gasteiger partial charge on any atom is -0.481 e. The van der Waals surface area contributed by atoms with Crippen molar-refractivity contribution in [3.05, 3.63) is 54.2 Å². The fourth-order valence-electron chi connectivity index (χ4n) is 1.58. The molecule has 0 atom stereocenters. The topological polar surface area (TPSA) is 110 Å². The molecular weight excluding hydrogens is 321 g/mol. The summed E-state index contributed by atoms with van der Waals surface area (Å²) in [6.07, 6.45) is 1.32. The summed E-state index contributed by atoms with van der Waals surface area (Å²) in [4.78, 5) is 34.5. The number of para-hydroxylation sites is 1. The van der Waals surface area contributed by atoms with E-state index in [4.69, 9.17) is 9.15 Å². The van der Waals surface area contributed by atoms with Crippen molar-refractivity contribution < 1.29 is 27.9 Å². The summed E-state index contributed by atoms with van der Waals surface area (Å²) >= 11 is 0. The zero-order valence-corrected chi connectivity index (χ0v) is 12.4. The highest BCUT2D eigenvalue weighted by Crippen LogP contribution is 2.14. The number of nitrogens with one attached hydrogen (secondary N) is 3. The molecule has 9 heteroatoms. The van der Waals surface area contributed by atoms with Crippen LogP contribution >= 0.6 is 0 Å². The Kier molecular flexibility index (Phi) is 5.89. The second-order valence-electron chi connectivity index (χ2n) is 4.48. The van der Waals surface area contributed by atoms with Crippen molar-refractivity contribution in [2.45, 2.75) is 0 Å². The van der Waals surface area contributed by atoms with Crippen LogP contribution < -0.4 is 20.9 Å². The van der Waals surface area contributed by atoms with Gasteiger partial charge in [-0.25, -0.2) is 4.39 Å². The number of halogens is 1. The van der Waals surface area contributed by atoms with Crippen LogP contribution in [0.2, 0.25) is 0 Å². The summed E-state index contributed by atoms with van der Waals surface area (Å²) < 4.78 is 23.1. The Labute approximate surface area is 135 Å². The number of hydrogen-bond donors (Lipinski definition) is 3. The van der Waals surface area contributed by atoms with Gasteiger partial charge in [-0.15, -0.1) is 0 Å².